The van der Waals surface area contributed by atoms with Gasteiger partial charge in [0.2, 0.25) is 5.91 Å². The number of amides is 1. The minimum atomic E-state index is -0.467. The molecule has 1 N–H and O–H groups in total. The number of carbonyl (C=O) groups is 1. The van der Waals surface area contributed by atoms with Crippen LogP contribution < -0.4 is 5.32 Å². The van der Waals surface area contributed by atoms with Crippen molar-refractivity contribution in [3.05, 3.63) is 75.7 Å². The Morgan fingerprint density at radius 3 is 2.64 bits per heavy atom. The molecule has 0 fully saturated rings. The van der Waals surface area contributed by atoms with E-state index in [0.29, 0.717) is 10.7 Å². The average Bonchev–Trinajstić information content (AvgIpc) is 3.33. The highest BCUT2D eigenvalue weighted by molar-refractivity contribution is 7.22. The molecular formula is C19H12N4O3S2. The molecule has 0 saturated heterocycles. The van der Waals surface area contributed by atoms with Gasteiger partial charge in [0.15, 0.2) is 5.13 Å². The summed E-state index contributed by atoms with van der Waals surface area (Å²) in [5, 5.41) is 16.5. The summed E-state index contributed by atoms with van der Waals surface area (Å²) >= 11 is 2.88. The number of carbonyl (C=O) groups excluding carboxylic acids is 1. The van der Waals surface area contributed by atoms with E-state index >= 15 is 0 Å². The van der Waals surface area contributed by atoms with E-state index in [9.17, 15) is 14.9 Å². The van der Waals surface area contributed by atoms with Crippen molar-refractivity contribution >= 4 is 55.7 Å². The zero-order valence-corrected chi connectivity index (χ0v) is 15.9. The molecule has 9 heteroatoms. The third kappa shape index (κ3) is 3.95. The summed E-state index contributed by atoms with van der Waals surface area (Å²) in [5.74, 6) is -0.330. The van der Waals surface area contributed by atoms with E-state index in [1.165, 1.54) is 29.5 Å². The fourth-order valence-electron chi connectivity index (χ4n) is 2.44. The zero-order chi connectivity index (χ0) is 19.5. The van der Waals surface area contributed by atoms with Crippen LogP contribution in [0.1, 0.15) is 5.56 Å². The average molecular weight is 408 g/mol. The Bertz CT molecular complexity index is 1160. The highest BCUT2D eigenvalue weighted by Crippen LogP contribution is 2.31. The predicted molar refractivity (Wildman–Crippen MR) is 111 cm³/mol. The van der Waals surface area contributed by atoms with Crippen LogP contribution in [-0.2, 0) is 4.79 Å². The van der Waals surface area contributed by atoms with Crippen LogP contribution in [0.2, 0.25) is 0 Å². The lowest BCUT2D eigenvalue weighted by atomic mass is 10.2. The molecule has 0 bridgehead atoms. The molecule has 0 saturated carbocycles. The van der Waals surface area contributed by atoms with E-state index < -0.39 is 4.92 Å². The second kappa shape index (κ2) is 7.67. The number of benzene rings is 2. The SMILES string of the molecule is O=C(C=Cc1ccc([N+](=O)[O-])cc1)Nc1nc(-c2nc3ccccc3s2)cs1. The fourth-order valence-corrected chi connectivity index (χ4v) is 4.14. The second-order valence-corrected chi connectivity index (χ2v) is 7.58. The molecule has 7 nitrogen and oxygen atoms in total. The number of nitro groups is 1. The van der Waals surface area contributed by atoms with Gasteiger partial charge in [-0.15, -0.1) is 22.7 Å². The van der Waals surface area contributed by atoms with Crippen molar-refractivity contribution in [2.75, 3.05) is 5.32 Å². The molecule has 0 aliphatic rings. The van der Waals surface area contributed by atoms with Crippen LogP contribution in [0.25, 0.3) is 27.0 Å². The molecule has 0 aliphatic heterocycles. The van der Waals surface area contributed by atoms with E-state index in [0.717, 1.165) is 20.9 Å². The van der Waals surface area contributed by atoms with Gasteiger partial charge in [0.1, 0.15) is 10.7 Å². The van der Waals surface area contributed by atoms with Gasteiger partial charge < -0.3 is 0 Å². The smallest absolute Gasteiger partial charge is 0.269 e. The molecule has 0 spiro atoms. The topological polar surface area (TPSA) is 98.0 Å². The maximum absolute atomic E-state index is 12.1. The van der Waals surface area contributed by atoms with Gasteiger partial charge in [-0.2, -0.15) is 0 Å². The molecule has 28 heavy (non-hydrogen) atoms. The zero-order valence-electron chi connectivity index (χ0n) is 14.2. The molecule has 2 aromatic heterocycles. The number of nitrogens with one attached hydrogen (secondary N) is 1. The van der Waals surface area contributed by atoms with Crippen LogP contribution in [0, 0.1) is 10.1 Å². The fraction of sp³-hybridized carbons (Fsp3) is 0. The van der Waals surface area contributed by atoms with Gasteiger partial charge in [0.05, 0.1) is 15.1 Å². The number of nitrogens with zero attached hydrogens (tertiary/aromatic N) is 3. The molecule has 2 aromatic carbocycles. The van der Waals surface area contributed by atoms with Gasteiger partial charge in [0.25, 0.3) is 5.69 Å². The molecule has 0 radical (unpaired) electrons. The summed E-state index contributed by atoms with van der Waals surface area (Å²) in [6, 6.07) is 13.8. The largest absolute Gasteiger partial charge is 0.298 e. The van der Waals surface area contributed by atoms with Crippen molar-refractivity contribution in [2.24, 2.45) is 0 Å². The van der Waals surface area contributed by atoms with Crippen LogP contribution >= 0.6 is 22.7 Å². The maximum Gasteiger partial charge on any atom is 0.269 e. The molecular weight excluding hydrogens is 396 g/mol. The van der Waals surface area contributed by atoms with Gasteiger partial charge in [-0.3, -0.25) is 20.2 Å². The van der Waals surface area contributed by atoms with E-state index in [1.807, 2.05) is 29.6 Å². The van der Waals surface area contributed by atoms with Crippen LogP contribution in [0.3, 0.4) is 0 Å². The summed E-state index contributed by atoms with van der Waals surface area (Å²) in [5.41, 5.74) is 2.34. The highest BCUT2D eigenvalue weighted by atomic mass is 32.1. The summed E-state index contributed by atoms with van der Waals surface area (Å²) < 4.78 is 1.09. The quantitative estimate of drug-likeness (QED) is 0.285. The van der Waals surface area contributed by atoms with Crippen molar-refractivity contribution in [1.82, 2.24) is 9.97 Å². The minimum absolute atomic E-state index is 0.00626. The van der Waals surface area contributed by atoms with E-state index in [1.54, 1.807) is 29.5 Å². The van der Waals surface area contributed by atoms with Crippen molar-refractivity contribution in [1.29, 1.82) is 0 Å². The number of nitro benzene ring substituents is 1. The minimum Gasteiger partial charge on any atom is -0.298 e. The monoisotopic (exact) mass is 408 g/mol. The van der Waals surface area contributed by atoms with Crippen molar-refractivity contribution in [3.8, 4) is 10.7 Å². The Morgan fingerprint density at radius 1 is 1.11 bits per heavy atom. The highest BCUT2D eigenvalue weighted by Gasteiger charge is 2.11. The lowest BCUT2D eigenvalue weighted by Crippen LogP contribution is -2.07. The number of thiazole rings is 2. The number of rotatable bonds is 5. The number of non-ortho nitro benzene ring substituents is 1. The second-order valence-electron chi connectivity index (χ2n) is 5.70. The molecule has 0 unspecified atom stereocenters. The first-order valence-electron chi connectivity index (χ1n) is 8.13. The summed E-state index contributed by atoms with van der Waals surface area (Å²) in [6.07, 6.45) is 2.95. The molecule has 138 valence electrons. The maximum atomic E-state index is 12.1. The summed E-state index contributed by atoms with van der Waals surface area (Å²) in [7, 11) is 0. The Morgan fingerprint density at radius 2 is 1.89 bits per heavy atom. The Labute approximate surface area is 167 Å². The van der Waals surface area contributed by atoms with Gasteiger partial charge in [-0.1, -0.05) is 12.1 Å². The molecule has 2 heterocycles. The number of para-hydroxylation sites is 1. The molecule has 1 amide bonds. The van der Waals surface area contributed by atoms with Crippen molar-refractivity contribution < 1.29 is 9.72 Å². The lowest BCUT2D eigenvalue weighted by Gasteiger charge is -1.96. The molecule has 0 aliphatic carbocycles. The van der Waals surface area contributed by atoms with Gasteiger partial charge in [-0.05, 0) is 35.9 Å². The normalized spacial score (nSPS) is 11.1. The van der Waals surface area contributed by atoms with Gasteiger partial charge in [0, 0.05) is 23.6 Å². The molecule has 0 atom stereocenters. The van der Waals surface area contributed by atoms with Crippen LogP contribution in [0.5, 0.6) is 0 Å². The standard InChI is InChI=1S/C19H12N4O3S2/c24-17(10-7-12-5-8-13(9-6-12)23(25)26)22-19-21-15(11-27-19)18-20-14-3-1-2-4-16(14)28-18/h1-11H,(H,21,22,24). The summed E-state index contributed by atoms with van der Waals surface area (Å²) in [6.45, 7) is 0. The van der Waals surface area contributed by atoms with Crippen LogP contribution in [0.15, 0.2) is 60.0 Å². The predicted octanol–water partition coefficient (Wildman–Crippen LogP) is 4.98. The van der Waals surface area contributed by atoms with E-state index in [-0.39, 0.29) is 11.6 Å². The van der Waals surface area contributed by atoms with Gasteiger partial charge in [-0.25, -0.2) is 9.97 Å². The Balaban J connectivity index is 1.43. The third-order valence-electron chi connectivity index (χ3n) is 3.78. The lowest BCUT2D eigenvalue weighted by molar-refractivity contribution is -0.384. The van der Waals surface area contributed by atoms with E-state index in [4.69, 9.17) is 0 Å². The molecule has 4 rings (SSSR count). The first-order valence-corrected chi connectivity index (χ1v) is 9.83. The number of anilines is 1. The summed E-state index contributed by atoms with van der Waals surface area (Å²) in [4.78, 5) is 31.3. The Hall–Kier alpha value is -3.43. The number of fused-ring (bicyclic) bond motifs is 1. The van der Waals surface area contributed by atoms with E-state index in [2.05, 4.69) is 15.3 Å². The number of hydrogen-bond donors (Lipinski definition) is 1. The van der Waals surface area contributed by atoms with Gasteiger partial charge >= 0.3 is 0 Å². The molecule has 4 aromatic rings. The van der Waals surface area contributed by atoms with Crippen LogP contribution in [0.4, 0.5) is 10.8 Å². The first kappa shape index (κ1) is 18.0. The van der Waals surface area contributed by atoms with Crippen molar-refractivity contribution in [3.63, 3.8) is 0 Å². The first-order chi connectivity index (χ1) is 13.6. The third-order valence-corrected chi connectivity index (χ3v) is 5.60. The van der Waals surface area contributed by atoms with Crippen molar-refractivity contribution in [2.45, 2.75) is 0 Å². The Kier molecular flexibility index (Phi) is 4.92. The number of aromatic nitrogens is 2. The number of hydrogen-bond acceptors (Lipinski definition) is 7. The van der Waals surface area contributed by atoms with Crippen LogP contribution in [-0.4, -0.2) is 20.8 Å².